The van der Waals surface area contributed by atoms with Crippen molar-refractivity contribution >= 4 is 21.4 Å². The molecule has 0 saturated carbocycles. The van der Waals surface area contributed by atoms with Crippen LogP contribution in [-0.2, 0) is 39.6 Å². The maximum Gasteiger partial charge on any atom is 0.242 e. The van der Waals surface area contributed by atoms with Crippen LogP contribution in [0.4, 0.5) is 14.5 Å². The minimum Gasteiger partial charge on any atom is -0.325 e. The van der Waals surface area contributed by atoms with Crippen molar-refractivity contribution in [1.82, 2.24) is 14.7 Å². The van der Waals surface area contributed by atoms with E-state index in [1.54, 1.807) is 29.1 Å². The Morgan fingerprint density at radius 2 is 1.97 bits per heavy atom. The molecule has 3 heterocycles. The van der Waals surface area contributed by atoms with Crippen LogP contribution in [0.3, 0.4) is 0 Å². The number of aromatic nitrogens is 2. The lowest BCUT2D eigenvalue weighted by molar-refractivity contribution is -0.122. The van der Waals surface area contributed by atoms with Gasteiger partial charge in [0.2, 0.25) is 12.3 Å². The first-order chi connectivity index (χ1) is 14.6. The summed E-state index contributed by atoms with van der Waals surface area (Å²) in [6.45, 7) is 2.37. The largest absolute Gasteiger partial charge is 0.325 e. The molecular weight excluding hydrogens is 426 g/mol. The molecule has 1 fully saturated rings. The van der Waals surface area contributed by atoms with Gasteiger partial charge in [-0.15, -0.1) is 0 Å². The maximum absolute atomic E-state index is 12.8. The molecule has 1 saturated heterocycles. The van der Waals surface area contributed by atoms with E-state index in [4.69, 9.17) is 0 Å². The molecule has 1 spiro atoms. The topological polar surface area (TPSA) is 84.3 Å². The molecule has 2 aliphatic rings. The van der Waals surface area contributed by atoms with Crippen molar-refractivity contribution in [2.75, 3.05) is 30.4 Å². The summed E-state index contributed by atoms with van der Waals surface area (Å²) in [7, 11) is -3.04. The van der Waals surface area contributed by atoms with Crippen LogP contribution in [0.25, 0.3) is 0 Å². The number of alkyl halides is 2. The van der Waals surface area contributed by atoms with Gasteiger partial charge in [-0.3, -0.25) is 14.4 Å². The monoisotopic (exact) mass is 452 g/mol. The second-order valence-electron chi connectivity index (χ2n) is 8.53. The number of halogens is 2. The predicted molar refractivity (Wildman–Crippen MR) is 113 cm³/mol. The zero-order chi connectivity index (χ0) is 22.2. The van der Waals surface area contributed by atoms with Gasteiger partial charge in [0.15, 0.2) is 0 Å². The van der Waals surface area contributed by atoms with Gasteiger partial charge >= 0.3 is 0 Å². The summed E-state index contributed by atoms with van der Waals surface area (Å²) in [6.07, 6.45) is 3.30. The number of aryl methyl sites for hydroxylation is 1. The van der Waals surface area contributed by atoms with E-state index in [0.29, 0.717) is 44.6 Å². The molecule has 0 unspecified atom stereocenters. The second kappa shape index (κ2) is 8.31. The van der Waals surface area contributed by atoms with Gasteiger partial charge in [-0.05, 0) is 43.1 Å². The number of hydrogen-bond donors (Lipinski definition) is 1. The number of sulfone groups is 1. The summed E-state index contributed by atoms with van der Waals surface area (Å²) >= 11 is 0. The summed E-state index contributed by atoms with van der Waals surface area (Å²) < 4.78 is 49.9. The second-order valence-corrected chi connectivity index (χ2v) is 10.8. The van der Waals surface area contributed by atoms with Crippen molar-refractivity contribution in [1.29, 1.82) is 0 Å². The maximum atomic E-state index is 12.8. The number of nitrogens with zero attached hydrogens (tertiary/aromatic N) is 3. The molecule has 1 aromatic carbocycles. The number of fused-ring (bicyclic) bond motifs is 2. The summed E-state index contributed by atoms with van der Waals surface area (Å²) in [6, 6.07) is 5.15. The van der Waals surface area contributed by atoms with E-state index < -0.39 is 21.7 Å². The quantitative estimate of drug-likeness (QED) is 0.697. The third-order valence-corrected chi connectivity index (χ3v) is 7.09. The van der Waals surface area contributed by atoms with Gasteiger partial charge in [0.25, 0.3) is 0 Å². The highest BCUT2D eigenvalue weighted by atomic mass is 32.2. The molecule has 31 heavy (non-hydrogen) atoms. The Morgan fingerprint density at radius 1 is 1.23 bits per heavy atom. The standard InChI is InChI=1S/C21H26F2N4O3S/c1-31(29,30)9-8-27-14-16(12-24-27)13-26-6-4-21(5-7-26)17-10-15(11-19(22)23)2-3-18(17)25-20(21)28/h2-3,10,12,14,19H,4-9,11,13H2,1H3,(H,25,28). The lowest BCUT2D eigenvalue weighted by atomic mass is 9.73. The van der Waals surface area contributed by atoms with Crippen molar-refractivity contribution < 1.29 is 22.0 Å². The van der Waals surface area contributed by atoms with E-state index >= 15 is 0 Å². The number of hydrogen-bond acceptors (Lipinski definition) is 5. The van der Waals surface area contributed by atoms with Crippen molar-refractivity contribution in [2.45, 2.75) is 44.2 Å². The Labute approximate surface area is 180 Å². The first kappa shape index (κ1) is 21.9. The third-order valence-electron chi connectivity index (χ3n) is 6.17. The van der Waals surface area contributed by atoms with Crippen LogP contribution < -0.4 is 5.32 Å². The minimum atomic E-state index is -3.04. The van der Waals surface area contributed by atoms with Gasteiger partial charge in [0, 0.05) is 36.7 Å². The first-order valence-corrected chi connectivity index (χ1v) is 12.4. The fourth-order valence-electron chi connectivity index (χ4n) is 4.48. The van der Waals surface area contributed by atoms with Crippen LogP contribution in [-0.4, -0.2) is 60.5 Å². The zero-order valence-corrected chi connectivity index (χ0v) is 18.2. The number of benzene rings is 1. The summed E-state index contributed by atoms with van der Waals surface area (Å²) in [4.78, 5) is 15.1. The Kier molecular flexibility index (Phi) is 5.87. The number of amides is 1. The lowest BCUT2D eigenvalue weighted by Crippen LogP contribution is -2.46. The van der Waals surface area contributed by atoms with Crippen LogP contribution in [0.15, 0.2) is 30.6 Å². The highest BCUT2D eigenvalue weighted by Crippen LogP contribution is 2.45. The minimum absolute atomic E-state index is 0.0441. The molecule has 1 amide bonds. The third kappa shape index (κ3) is 4.79. The molecule has 10 heteroatoms. The highest BCUT2D eigenvalue weighted by molar-refractivity contribution is 7.90. The molecule has 1 aromatic heterocycles. The van der Waals surface area contributed by atoms with E-state index in [1.807, 2.05) is 6.20 Å². The van der Waals surface area contributed by atoms with Crippen molar-refractivity contribution in [3.63, 3.8) is 0 Å². The van der Waals surface area contributed by atoms with Gasteiger partial charge in [0.05, 0.1) is 23.9 Å². The van der Waals surface area contributed by atoms with Crippen LogP contribution in [0.1, 0.15) is 29.5 Å². The molecule has 2 aromatic rings. The van der Waals surface area contributed by atoms with Gasteiger partial charge in [0.1, 0.15) is 9.84 Å². The van der Waals surface area contributed by atoms with E-state index in [2.05, 4.69) is 15.3 Å². The molecule has 2 aliphatic heterocycles. The van der Waals surface area contributed by atoms with Gasteiger partial charge in [-0.1, -0.05) is 12.1 Å². The van der Waals surface area contributed by atoms with Gasteiger partial charge < -0.3 is 5.32 Å². The number of rotatable bonds is 7. The normalized spacial score (nSPS) is 18.5. The number of carbonyl (C=O) groups is 1. The summed E-state index contributed by atoms with van der Waals surface area (Å²) in [5.74, 6) is -0.00691. The molecule has 4 rings (SSSR count). The van der Waals surface area contributed by atoms with Crippen LogP contribution in [0, 0.1) is 0 Å². The lowest BCUT2D eigenvalue weighted by Gasteiger charge is -2.38. The van der Waals surface area contributed by atoms with E-state index in [0.717, 1.165) is 16.8 Å². The molecule has 7 nitrogen and oxygen atoms in total. The van der Waals surface area contributed by atoms with E-state index in [-0.39, 0.29) is 18.1 Å². The average Bonchev–Trinajstić information content (AvgIpc) is 3.24. The number of piperidine rings is 1. The van der Waals surface area contributed by atoms with Crippen molar-refractivity contribution in [3.05, 3.63) is 47.3 Å². The van der Waals surface area contributed by atoms with Crippen molar-refractivity contribution in [2.24, 2.45) is 0 Å². The predicted octanol–water partition coefficient (Wildman–Crippen LogP) is 2.22. The Hall–Kier alpha value is -2.33. The molecule has 0 aliphatic carbocycles. The Morgan fingerprint density at radius 3 is 2.65 bits per heavy atom. The van der Waals surface area contributed by atoms with E-state index in [9.17, 15) is 22.0 Å². The summed E-state index contributed by atoms with van der Waals surface area (Å²) in [5.41, 5.74) is 2.44. The Balaban J connectivity index is 1.41. The smallest absolute Gasteiger partial charge is 0.242 e. The van der Waals surface area contributed by atoms with Crippen LogP contribution in [0.2, 0.25) is 0 Å². The van der Waals surface area contributed by atoms with Crippen molar-refractivity contribution in [3.8, 4) is 0 Å². The molecular formula is C21H26F2N4O3S. The van der Waals surface area contributed by atoms with Crippen LogP contribution >= 0.6 is 0 Å². The van der Waals surface area contributed by atoms with Gasteiger partial charge in [-0.25, -0.2) is 17.2 Å². The zero-order valence-electron chi connectivity index (χ0n) is 17.4. The summed E-state index contributed by atoms with van der Waals surface area (Å²) in [5, 5.41) is 7.16. The fourth-order valence-corrected chi connectivity index (χ4v) is 5.00. The average molecular weight is 453 g/mol. The molecule has 0 radical (unpaired) electrons. The first-order valence-electron chi connectivity index (χ1n) is 10.3. The van der Waals surface area contributed by atoms with Crippen LogP contribution in [0.5, 0.6) is 0 Å². The molecule has 0 atom stereocenters. The fraction of sp³-hybridized carbons (Fsp3) is 0.524. The number of anilines is 1. The highest BCUT2D eigenvalue weighted by Gasteiger charge is 2.48. The number of nitrogens with one attached hydrogen (secondary N) is 1. The number of likely N-dealkylation sites (tertiary alicyclic amines) is 1. The molecule has 0 bridgehead atoms. The van der Waals surface area contributed by atoms with Gasteiger partial charge in [-0.2, -0.15) is 5.10 Å². The molecule has 168 valence electrons. The SMILES string of the molecule is CS(=O)(=O)CCn1cc(CN2CCC3(CC2)C(=O)Nc2ccc(CC(F)F)cc23)cn1. The Bertz CT molecular complexity index is 1080. The molecule has 1 N–H and O–H groups in total. The van der Waals surface area contributed by atoms with E-state index in [1.165, 1.54) is 6.26 Å². The number of carbonyl (C=O) groups excluding carboxylic acids is 1.